The third-order valence-corrected chi connectivity index (χ3v) is 2.82. The maximum absolute atomic E-state index is 4.39. The molecule has 0 radical (unpaired) electrons. The summed E-state index contributed by atoms with van der Waals surface area (Å²) in [4.78, 5) is 8.78. The predicted molar refractivity (Wildman–Crippen MR) is 75.5 cm³/mol. The Morgan fingerprint density at radius 2 is 1.78 bits per heavy atom. The van der Waals surface area contributed by atoms with E-state index in [1.54, 1.807) is 0 Å². The average Bonchev–Trinajstić information content (AvgIpc) is 2.41. The van der Waals surface area contributed by atoms with E-state index in [2.05, 4.69) is 29.1 Å². The van der Waals surface area contributed by atoms with Crippen molar-refractivity contribution in [1.29, 1.82) is 0 Å². The van der Waals surface area contributed by atoms with E-state index in [4.69, 9.17) is 0 Å². The number of hydrogen-bond donors (Lipinski definition) is 1. The predicted octanol–water partition coefficient (Wildman–Crippen LogP) is 3.74. The second-order valence-corrected chi connectivity index (χ2v) is 4.50. The van der Waals surface area contributed by atoms with Gasteiger partial charge in [-0.1, -0.05) is 43.7 Å². The molecule has 1 atom stereocenters. The van der Waals surface area contributed by atoms with E-state index < -0.39 is 0 Å². The Morgan fingerprint density at radius 1 is 1.11 bits per heavy atom. The Labute approximate surface area is 108 Å². The van der Waals surface area contributed by atoms with Crippen molar-refractivity contribution in [1.82, 2.24) is 9.97 Å². The van der Waals surface area contributed by atoms with Crippen molar-refractivity contribution >= 4 is 5.69 Å². The highest BCUT2D eigenvalue weighted by Gasteiger charge is 2.03. The van der Waals surface area contributed by atoms with Crippen LogP contribution < -0.4 is 5.32 Å². The molecule has 1 N–H and O–H groups in total. The molecule has 2 rings (SSSR count). The van der Waals surface area contributed by atoms with Crippen LogP contribution in [0.1, 0.15) is 26.7 Å². The van der Waals surface area contributed by atoms with Crippen molar-refractivity contribution < 1.29 is 0 Å². The largest absolute Gasteiger partial charge is 0.380 e. The van der Waals surface area contributed by atoms with Gasteiger partial charge in [-0.2, -0.15) is 0 Å². The van der Waals surface area contributed by atoms with Crippen LogP contribution in [0.4, 0.5) is 5.69 Å². The Balaban J connectivity index is 2.06. The van der Waals surface area contributed by atoms with Crippen LogP contribution in [0.2, 0.25) is 0 Å². The number of rotatable bonds is 5. The lowest BCUT2D eigenvalue weighted by Crippen LogP contribution is -2.14. The topological polar surface area (TPSA) is 37.8 Å². The summed E-state index contributed by atoms with van der Waals surface area (Å²) < 4.78 is 0. The fourth-order valence-electron chi connectivity index (χ4n) is 1.93. The quantitative estimate of drug-likeness (QED) is 0.866. The van der Waals surface area contributed by atoms with E-state index >= 15 is 0 Å². The van der Waals surface area contributed by atoms with Gasteiger partial charge >= 0.3 is 0 Å². The number of hydrogen-bond acceptors (Lipinski definition) is 3. The van der Waals surface area contributed by atoms with Crippen molar-refractivity contribution in [3.63, 3.8) is 0 Å². The van der Waals surface area contributed by atoms with Crippen LogP contribution in [-0.2, 0) is 0 Å². The molecule has 0 aliphatic rings. The molecule has 1 heterocycles. The van der Waals surface area contributed by atoms with Gasteiger partial charge in [-0.3, -0.25) is 0 Å². The smallest absolute Gasteiger partial charge is 0.159 e. The van der Waals surface area contributed by atoms with Gasteiger partial charge in [0, 0.05) is 11.6 Å². The zero-order chi connectivity index (χ0) is 12.8. The first-order valence-electron chi connectivity index (χ1n) is 6.43. The molecule has 1 aromatic heterocycles. The molecule has 0 aliphatic heterocycles. The van der Waals surface area contributed by atoms with Crippen LogP contribution in [0.5, 0.6) is 0 Å². The second-order valence-electron chi connectivity index (χ2n) is 4.50. The summed E-state index contributed by atoms with van der Waals surface area (Å²) in [6.07, 6.45) is 6.03. The third kappa shape index (κ3) is 3.29. The van der Waals surface area contributed by atoms with E-state index in [9.17, 15) is 0 Å². The standard InChI is InChI=1S/C15H19N3/c1-3-7-12(2)18-14-10-16-15(17-11-14)13-8-5-4-6-9-13/h4-6,8-12,18H,3,7H2,1-2H3. The molecule has 0 spiro atoms. The summed E-state index contributed by atoms with van der Waals surface area (Å²) >= 11 is 0. The maximum Gasteiger partial charge on any atom is 0.159 e. The van der Waals surface area contributed by atoms with Gasteiger partial charge in [0.25, 0.3) is 0 Å². The summed E-state index contributed by atoms with van der Waals surface area (Å²) in [5.41, 5.74) is 2.03. The number of aromatic nitrogens is 2. The molecular formula is C15H19N3. The fraction of sp³-hybridized carbons (Fsp3) is 0.333. The zero-order valence-corrected chi connectivity index (χ0v) is 10.9. The second kappa shape index (κ2) is 6.15. The third-order valence-electron chi connectivity index (χ3n) is 2.82. The van der Waals surface area contributed by atoms with E-state index in [0.717, 1.165) is 23.5 Å². The SMILES string of the molecule is CCCC(C)Nc1cnc(-c2ccccc2)nc1. The van der Waals surface area contributed by atoms with E-state index in [-0.39, 0.29) is 0 Å². The van der Waals surface area contributed by atoms with Gasteiger partial charge in [0.2, 0.25) is 0 Å². The van der Waals surface area contributed by atoms with E-state index in [1.807, 2.05) is 42.7 Å². The van der Waals surface area contributed by atoms with Crippen molar-refractivity contribution in [3.8, 4) is 11.4 Å². The van der Waals surface area contributed by atoms with Gasteiger partial charge in [0.1, 0.15) is 0 Å². The molecule has 0 saturated heterocycles. The molecule has 1 unspecified atom stereocenters. The molecule has 0 aliphatic carbocycles. The highest BCUT2D eigenvalue weighted by Crippen LogP contribution is 2.15. The van der Waals surface area contributed by atoms with Crippen molar-refractivity contribution in [2.75, 3.05) is 5.32 Å². The van der Waals surface area contributed by atoms with Crippen LogP contribution in [0, 0.1) is 0 Å². The number of nitrogens with zero attached hydrogens (tertiary/aromatic N) is 2. The minimum atomic E-state index is 0.459. The molecule has 0 bridgehead atoms. The molecule has 3 nitrogen and oxygen atoms in total. The van der Waals surface area contributed by atoms with Crippen LogP contribution in [0.25, 0.3) is 11.4 Å². The Morgan fingerprint density at radius 3 is 2.39 bits per heavy atom. The summed E-state index contributed by atoms with van der Waals surface area (Å²) in [6, 6.07) is 10.5. The van der Waals surface area contributed by atoms with Crippen molar-refractivity contribution in [2.45, 2.75) is 32.7 Å². The summed E-state index contributed by atoms with van der Waals surface area (Å²) in [5, 5.41) is 3.40. The van der Waals surface area contributed by atoms with Crippen LogP contribution in [-0.4, -0.2) is 16.0 Å². The minimum absolute atomic E-state index is 0.459. The molecule has 94 valence electrons. The van der Waals surface area contributed by atoms with Crippen molar-refractivity contribution in [3.05, 3.63) is 42.7 Å². The number of nitrogens with one attached hydrogen (secondary N) is 1. The highest BCUT2D eigenvalue weighted by atomic mass is 15.0. The summed E-state index contributed by atoms with van der Waals surface area (Å²) in [7, 11) is 0. The Hall–Kier alpha value is -1.90. The monoisotopic (exact) mass is 241 g/mol. The molecule has 0 saturated carbocycles. The first-order valence-corrected chi connectivity index (χ1v) is 6.43. The highest BCUT2D eigenvalue weighted by molar-refractivity contribution is 5.55. The normalized spacial score (nSPS) is 12.1. The number of anilines is 1. The van der Waals surface area contributed by atoms with Gasteiger partial charge < -0.3 is 5.32 Å². The average molecular weight is 241 g/mol. The Kier molecular flexibility index (Phi) is 4.29. The van der Waals surface area contributed by atoms with Gasteiger partial charge in [-0.15, -0.1) is 0 Å². The molecule has 0 amide bonds. The minimum Gasteiger partial charge on any atom is -0.380 e. The van der Waals surface area contributed by atoms with Crippen LogP contribution >= 0.6 is 0 Å². The lowest BCUT2D eigenvalue weighted by atomic mass is 10.2. The molecule has 2 aromatic rings. The first kappa shape index (κ1) is 12.6. The molecule has 1 aromatic carbocycles. The van der Waals surface area contributed by atoms with Gasteiger partial charge in [0.05, 0.1) is 18.1 Å². The van der Waals surface area contributed by atoms with Gasteiger partial charge in [-0.05, 0) is 13.3 Å². The van der Waals surface area contributed by atoms with Crippen LogP contribution in [0.3, 0.4) is 0 Å². The number of benzene rings is 1. The summed E-state index contributed by atoms with van der Waals surface area (Å²) in [5.74, 6) is 0.768. The van der Waals surface area contributed by atoms with E-state index in [1.165, 1.54) is 6.42 Å². The maximum atomic E-state index is 4.39. The fourth-order valence-corrected chi connectivity index (χ4v) is 1.93. The van der Waals surface area contributed by atoms with Crippen molar-refractivity contribution in [2.24, 2.45) is 0 Å². The van der Waals surface area contributed by atoms with Gasteiger partial charge in [-0.25, -0.2) is 9.97 Å². The molecule has 3 heteroatoms. The molecule has 18 heavy (non-hydrogen) atoms. The zero-order valence-electron chi connectivity index (χ0n) is 10.9. The summed E-state index contributed by atoms with van der Waals surface area (Å²) in [6.45, 7) is 4.36. The lowest BCUT2D eigenvalue weighted by molar-refractivity contribution is 0.689. The lowest BCUT2D eigenvalue weighted by Gasteiger charge is -2.13. The van der Waals surface area contributed by atoms with E-state index in [0.29, 0.717) is 6.04 Å². The molecular weight excluding hydrogens is 222 g/mol. The van der Waals surface area contributed by atoms with Gasteiger partial charge in [0.15, 0.2) is 5.82 Å². The van der Waals surface area contributed by atoms with Crippen LogP contribution in [0.15, 0.2) is 42.7 Å². The first-order chi connectivity index (χ1) is 8.79. The molecule has 0 fully saturated rings. The Bertz CT molecular complexity index is 465.